The Hall–Kier alpha value is -2.45. The predicted octanol–water partition coefficient (Wildman–Crippen LogP) is 2.13. The molecule has 26 heavy (non-hydrogen) atoms. The Bertz CT molecular complexity index is 824. The van der Waals surface area contributed by atoms with Crippen LogP contribution in [0.2, 0.25) is 0 Å². The molecule has 0 aromatic carbocycles. The number of anilines is 1. The van der Waals surface area contributed by atoms with Crippen LogP contribution in [0.15, 0.2) is 24.4 Å². The van der Waals surface area contributed by atoms with Gasteiger partial charge in [-0.05, 0) is 51.9 Å². The molecule has 1 amide bonds. The summed E-state index contributed by atoms with van der Waals surface area (Å²) in [4.78, 5) is 29.1. The van der Waals surface area contributed by atoms with Gasteiger partial charge in [0.15, 0.2) is 0 Å². The predicted molar refractivity (Wildman–Crippen MR) is 97.2 cm³/mol. The standard InChI is InChI=1S/C18H24N4O4/c1-18(2,3)26-17(24)22-10-8-11-12(22)5-6-14(20-11)21-16(23)15-13(25-4)7-9-19-15/h5-6,8,10,13,15,19H,7,9H2,1-4H3,(H,20,21,23)/t13-,15-/m1/s1. The molecule has 8 heteroatoms. The highest BCUT2D eigenvalue weighted by atomic mass is 16.6. The highest BCUT2D eigenvalue weighted by Crippen LogP contribution is 2.20. The maximum absolute atomic E-state index is 12.4. The summed E-state index contributed by atoms with van der Waals surface area (Å²) in [6.45, 7) is 6.17. The fourth-order valence-electron chi connectivity index (χ4n) is 2.96. The molecular formula is C18H24N4O4. The van der Waals surface area contributed by atoms with Gasteiger partial charge in [-0.3, -0.25) is 9.36 Å². The number of rotatable bonds is 3. The number of carbonyl (C=O) groups is 2. The van der Waals surface area contributed by atoms with Gasteiger partial charge in [0, 0.05) is 13.3 Å². The van der Waals surface area contributed by atoms with Crippen LogP contribution in [0, 0.1) is 0 Å². The van der Waals surface area contributed by atoms with E-state index in [1.54, 1.807) is 31.5 Å². The highest BCUT2D eigenvalue weighted by Gasteiger charge is 2.32. The Labute approximate surface area is 151 Å². The smallest absolute Gasteiger partial charge is 0.419 e. The summed E-state index contributed by atoms with van der Waals surface area (Å²) in [5.74, 6) is 0.237. The largest absolute Gasteiger partial charge is 0.443 e. The quantitative estimate of drug-likeness (QED) is 0.871. The molecule has 0 radical (unpaired) electrons. The molecule has 0 saturated carbocycles. The van der Waals surface area contributed by atoms with Crippen LogP contribution in [0.1, 0.15) is 27.2 Å². The van der Waals surface area contributed by atoms with Gasteiger partial charge in [-0.15, -0.1) is 0 Å². The summed E-state index contributed by atoms with van der Waals surface area (Å²) in [5, 5.41) is 5.92. The van der Waals surface area contributed by atoms with Crippen LogP contribution in [0.5, 0.6) is 0 Å². The molecule has 8 nitrogen and oxygen atoms in total. The van der Waals surface area contributed by atoms with Crippen LogP contribution in [0.3, 0.4) is 0 Å². The van der Waals surface area contributed by atoms with Crippen LogP contribution < -0.4 is 10.6 Å². The van der Waals surface area contributed by atoms with E-state index >= 15 is 0 Å². The molecule has 1 aliphatic heterocycles. The number of methoxy groups -OCH3 is 1. The summed E-state index contributed by atoms with van der Waals surface area (Å²) in [6, 6.07) is 4.71. The van der Waals surface area contributed by atoms with Crippen LogP contribution in [0.4, 0.5) is 10.6 Å². The van der Waals surface area contributed by atoms with Gasteiger partial charge in [0.05, 0.1) is 17.1 Å². The van der Waals surface area contributed by atoms with Crippen LogP contribution in [-0.4, -0.2) is 53.0 Å². The van der Waals surface area contributed by atoms with Crippen molar-refractivity contribution in [1.82, 2.24) is 14.9 Å². The normalized spacial score (nSPS) is 20.3. The van der Waals surface area contributed by atoms with Crippen molar-refractivity contribution in [3.8, 4) is 0 Å². The lowest BCUT2D eigenvalue weighted by Gasteiger charge is -2.19. The molecule has 2 atom stereocenters. The van der Waals surface area contributed by atoms with E-state index in [1.165, 1.54) is 4.57 Å². The van der Waals surface area contributed by atoms with E-state index in [1.807, 2.05) is 20.8 Å². The van der Waals surface area contributed by atoms with Crippen molar-refractivity contribution in [1.29, 1.82) is 0 Å². The topological polar surface area (TPSA) is 94.5 Å². The van der Waals surface area contributed by atoms with Crippen molar-refractivity contribution in [2.45, 2.75) is 44.9 Å². The second kappa shape index (κ2) is 7.05. The minimum Gasteiger partial charge on any atom is -0.443 e. The molecule has 2 N–H and O–H groups in total. The molecule has 1 saturated heterocycles. The van der Waals surface area contributed by atoms with Crippen molar-refractivity contribution in [2.24, 2.45) is 0 Å². The molecule has 3 heterocycles. The van der Waals surface area contributed by atoms with E-state index in [9.17, 15) is 9.59 Å². The average Bonchev–Trinajstić information content (AvgIpc) is 3.19. The Morgan fingerprint density at radius 3 is 2.77 bits per heavy atom. The van der Waals surface area contributed by atoms with Gasteiger partial charge in [-0.25, -0.2) is 9.78 Å². The van der Waals surface area contributed by atoms with E-state index in [2.05, 4.69) is 15.6 Å². The maximum Gasteiger partial charge on any atom is 0.419 e. The zero-order valence-electron chi connectivity index (χ0n) is 15.4. The van der Waals surface area contributed by atoms with E-state index in [-0.39, 0.29) is 12.0 Å². The Kier molecular flexibility index (Phi) is 4.97. The molecular weight excluding hydrogens is 336 g/mol. The van der Waals surface area contributed by atoms with E-state index < -0.39 is 17.7 Å². The minimum atomic E-state index is -0.582. The molecule has 2 aromatic heterocycles. The molecule has 3 rings (SSSR count). The highest BCUT2D eigenvalue weighted by molar-refractivity contribution is 5.96. The zero-order valence-corrected chi connectivity index (χ0v) is 15.4. The van der Waals surface area contributed by atoms with E-state index in [0.29, 0.717) is 16.9 Å². The molecule has 0 unspecified atom stereocenters. The third-order valence-corrected chi connectivity index (χ3v) is 4.13. The molecule has 1 fully saturated rings. The summed E-state index contributed by atoms with van der Waals surface area (Å²) in [6.07, 6.45) is 1.78. The number of amides is 1. The molecule has 1 aliphatic rings. The van der Waals surface area contributed by atoms with Gasteiger partial charge in [0.2, 0.25) is 5.91 Å². The Balaban J connectivity index is 1.76. The Morgan fingerprint density at radius 2 is 2.08 bits per heavy atom. The number of aromatic nitrogens is 2. The first-order chi connectivity index (χ1) is 12.3. The maximum atomic E-state index is 12.4. The third kappa shape index (κ3) is 3.86. The minimum absolute atomic E-state index is 0.146. The van der Waals surface area contributed by atoms with Gasteiger partial charge >= 0.3 is 6.09 Å². The van der Waals surface area contributed by atoms with Gasteiger partial charge in [0.1, 0.15) is 17.5 Å². The lowest BCUT2D eigenvalue weighted by molar-refractivity contribution is -0.120. The molecule has 0 bridgehead atoms. The number of pyridine rings is 1. The van der Waals surface area contributed by atoms with Gasteiger partial charge < -0.3 is 20.1 Å². The first-order valence-corrected chi connectivity index (χ1v) is 8.57. The SMILES string of the molecule is CO[C@@H]1CCN[C@H]1C(=O)Nc1ccc2c(ccn2C(=O)OC(C)(C)C)n1. The second-order valence-corrected chi connectivity index (χ2v) is 7.25. The average molecular weight is 360 g/mol. The summed E-state index contributed by atoms with van der Waals surface area (Å²) in [5.41, 5.74) is 0.628. The molecule has 0 aliphatic carbocycles. The zero-order chi connectivity index (χ0) is 18.9. The van der Waals surface area contributed by atoms with Crippen molar-refractivity contribution in [3.05, 3.63) is 24.4 Å². The van der Waals surface area contributed by atoms with Crippen molar-refractivity contribution >= 4 is 28.9 Å². The fourth-order valence-corrected chi connectivity index (χ4v) is 2.96. The van der Waals surface area contributed by atoms with Gasteiger partial charge in [0.25, 0.3) is 0 Å². The number of nitrogens with zero attached hydrogens (tertiary/aromatic N) is 2. The first-order valence-electron chi connectivity index (χ1n) is 8.57. The van der Waals surface area contributed by atoms with Crippen molar-refractivity contribution in [2.75, 3.05) is 19.0 Å². The number of ether oxygens (including phenoxy) is 2. The fraction of sp³-hybridized carbons (Fsp3) is 0.500. The number of hydrogen-bond acceptors (Lipinski definition) is 6. The van der Waals surface area contributed by atoms with Crippen LogP contribution >= 0.6 is 0 Å². The van der Waals surface area contributed by atoms with Gasteiger partial charge in [-0.2, -0.15) is 0 Å². The monoisotopic (exact) mass is 360 g/mol. The summed E-state index contributed by atoms with van der Waals surface area (Å²) < 4.78 is 12.1. The molecule has 2 aromatic rings. The van der Waals surface area contributed by atoms with E-state index in [0.717, 1.165) is 13.0 Å². The lowest BCUT2D eigenvalue weighted by atomic mass is 10.1. The summed E-state index contributed by atoms with van der Waals surface area (Å²) in [7, 11) is 1.60. The van der Waals surface area contributed by atoms with Crippen molar-refractivity contribution < 1.29 is 19.1 Å². The number of hydrogen-bond donors (Lipinski definition) is 2. The second-order valence-electron chi connectivity index (χ2n) is 7.25. The van der Waals surface area contributed by atoms with E-state index in [4.69, 9.17) is 9.47 Å². The van der Waals surface area contributed by atoms with Crippen LogP contribution in [0.25, 0.3) is 11.0 Å². The number of fused-ring (bicyclic) bond motifs is 1. The van der Waals surface area contributed by atoms with Crippen molar-refractivity contribution in [3.63, 3.8) is 0 Å². The van der Waals surface area contributed by atoms with Crippen LogP contribution in [-0.2, 0) is 14.3 Å². The van der Waals surface area contributed by atoms with Gasteiger partial charge in [-0.1, -0.05) is 0 Å². The Morgan fingerprint density at radius 1 is 1.31 bits per heavy atom. The third-order valence-electron chi connectivity index (χ3n) is 4.13. The molecule has 140 valence electrons. The number of nitrogens with one attached hydrogen (secondary N) is 2. The first kappa shape index (κ1) is 18.3. The molecule has 0 spiro atoms. The number of carbonyl (C=O) groups excluding carboxylic acids is 2. The lowest BCUT2D eigenvalue weighted by Crippen LogP contribution is -2.43. The summed E-state index contributed by atoms with van der Waals surface area (Å²) >= 11 is 0.